The first-order valence-electron chi connectivity index (χ1n) is 14.2. The Balaban J connectivity index is 1.27. The number of carbonyl (C=O) groups is 2. The van der Waals surface area contributed by atoms with Crippen molar-refractivity contribution in [2.24, 2.45) is 0 Å². The van der Waals surface area contributed by atoms with Crippen LogP contribution in [0.1, 0.15) is 48.1 Å². The Kier molecular flexibility index (Phi) is 9.04. The molecule has 42 heavy (non-hydrogen) atoms. The summed E-state index contributed by atoms with van der Waals surface area (Å²) in [7, 11) is 0. The van der Waals surface area contributed by atoms with Crippen LogP contribution in [0.4, 0.5) is 0 Å². The summed E-state index contributed by atoms with van der Waals surface area (Å²) in [6, 6.07) is 16.9. The number of terminal acetylenes is 1. The summed E-state index contributed by atoms with van der Waals surface area (Å²) in [5, 5.41) is 16.9. The van der Waals surface area contributed by atoms with Crippen molar-refractivity contribution in [3.8, 4) is 18.1 Å². The lowest BCUT2D eigenvalue weighted by atomic mass is 9.85. The van der Waals surface area contributed by atoms with Crippen LogP contribution in [0.2, 0.25) is 0 Å². The number of hydroxylamine groups is 1. The van der Waals surface area contributed by atoms with Gasteiger partial charge in [-0.05, 0) is 68.3 Å². The first kappa shape index (κ1) is 29.5. The average molecular weight is 572 g/mol. The zero-order valence-electron chi connectivity index (χ0n) is 23.8. The lowest BCUT2D eigenvalue weighted by molar-refractivity contribution is -0.131. The van der Waals surface area contributed by atoms with Gasteiger partial charge in [0.15, 0.2) is 0 Å². The van der Waals surface area contributed by atoms with Gasteiger partial charge in [0.1, 0.15) is 18.0 Å². The molecule has 0 bridgehead atoms. The van der Waals surface area contributed by atoms with Gasteiger partial charge in [-0.15, -0.1) is 6.42 Å². The van der Waals surface area contributed by atoms with E-state index in [9.17, 15) is 9.59 Å². The molecule has 2 aromatic carbocycles. The third kappa shape index (κ3) is 6.55. The minimum Gasteiger partial charge on any atom is -0.491 e. The predicted molar refractivity (Wildman–Crippen MR) is 158 cm³/mol. The second kappa shape index (κ2) is 12.9. The number of hydrogen-bond donors (Lipinski definition) is 4. The highest BCUT2D eigenvalue weighted by Gasteiger charge is 2.41. The maximum absolute atomic E-state index is 13.3. The number of ether oxygens (including phenoxy) is 2. The number of para-hydroxylation sites is 1. The minimum absolute atomic E-state index is 0.0575. The molecule has 2 fully saturated rings. The van der Waals surface area contributed by atoms with Crippen molar-refractivity contribution in [3.05, 3.63) is 71.9 Å². The molecule has 4 N–H and O–H groups in total. The Labute approximate surface area is 245 Å². The second-order valence-corrected chi connectivity index (χ2v) is 11.2. The number of hydrogen-bond acceptors (Lipinski definition) is 8. The Morgan fingerprint density at radius 1 is 1.24 bits per heavy atom. The smallest absolute Gasteiger partial charge is 0.251 e. The topological polar surface area (TPSA) is 125 Å². The Hall–Kier alpha value is -4.01. The number of benzene rings is 2. The molecule has 3 unspecified atom stereocenters. The van der Waals surface area contributed by atoms with Crippen LogP contribution in [-0.4, -0.2) is 77.4 Å². The molecule has 2 amide bonds. The number of rotatable bonds is 9. The summed E-state index contributed by atoms with van der Waals surface area (Å²) in [4.78, 5) is 31.9. The lowest BCUT2D eigenvalue weighted by Crippen LogP contribution is -2.60. The Bertz CT molecular complexity index is 1450. The second-order valence-electron chi connectivity index (χ2n) is 11.2. The van der Waals surface area contributed by atoms with Crippen LogP contribution in [0.25, 0.3) is 10.9 Å². The number of nitrogens with zero attached hydrogens (tertiary/aromatic N) is 2. The van der Waals surface area contributed by atoms with E-state index in [1.807, 2.05) is 42.3 Å². The summed E-state index contributed by atoms with van der Waals surface area (Å²) in [6.07, 6.45) is 8.61. The van der Waals surface area contributed by atoms with Crippen molar-refractivity contribution in [1.82, 2.24) is 26.0 Å². The molecular formula is C32H37N5O5. The SMILES string of the molecule is C#CCN1CCCC(CC(=O)NO)(NC(=O)c2ccc(OCC3(C)OCCNC3c3ccnc4ccccc34)cc2)C1. The van der Waals surface area contributed by atoms with Crippen LogP contribution < -0.4 is 20.9 Å². The molecule has 0 saturated carbocycles. The van der Waals surface area contributed by atoms with Crippen molar-refractivity contribution in [2.45, 2.75) is 43.4 Å². The number of likely N-dealkylation sites (tertiary alicyclic amines) is 1. The summed E-state index contributed by atoms with van der Waals surface area (Å²) >= 11 is 0. The molecule has 2 aliphatic heterocycles. The van der Waals surface area contributed by atoms with Gasteiger partial charge in [-0.2, -0.15) is 0 Å². The first-order chi connectivity index (χ1) is 20.3. The highest BCUT2D eigenvalue weighted by molar-refractivity contribution is 5.95. The average Bonchev–Trinajstić information content (AvgIpc) is 3.00. The van der Waals surface area contributed by atoms with Crippen LogP contribution in [0.5, 0.6) is 5.75 Å². The molecule has 2 saturated heterocycles. The van der Waals surface area contributed by atoms with Gasteiger partial charge in [0.25, 0.3) is 5.91 Å². The number of amides is 2. The standard InChI is InChI=1S/C32H37N5O5/c1-3-17-37-18-6-14-32(21-37,20-28(38)36-40)35-30(39)23-9-11-24(12-10-23)41-22-31(2)29(34-16-19-42-31)26-13-15-33-27-8-5-4-7-25(26)27/h1,4-5,7-13,15,29,34,40H,6,14,16-22H2,2H3,(H,35,39)(H,36,38). The molecule has 0 aliphatic carbocycles. The Morgan fingerprint density at radius 3 is 2.83 bits per heavy atom. The van der Waals surface area contributed by atoms with Gasteiger partial charge in [-0.1, -0.05) is 24.1 Å². The summed E-state index contributed by atoms with van der Waals surface area (Å²) in [6.45, 7) is 5.23. The van der Waals surface area contributed by atoms with Crippen LogP contribution in [0.3, 0.4) is 0 Å². The van der Waals surface area contributed by atoms with Gasteiger partial charge in [-0.25, -0.2) is 5.48 Å². The van der Waals surface area contributed by atoms with E-state index in [-0.39, 0.29) is 25.0 Å². The molecule has 1 aromatic heterocycles. The molecule has 10 nitrogen and oxygen atoms in total. The van der Waals surface area contributed by atoms with E-state index >= 15 is 0 Å². The van der Waals surface area contributed by atoms with E-state index in [2.05, 4.69) is 27.6 Å². The van der Waals surface area contributed by atoms with Crippen molar-refractivity contribution < 1.29 is 24.3 Å². The normalized spacial score (nSPS) is 24.5. The van der Waals surface area contributed by atoms with Crippen LogP contribution in [0, 0.1) is 12.3 Å². The monoisotopic (exact) mass is 571 g/mol. The third-order valence-electron chi connectivity index (χ3n) is 8.10. The van der Waals surface area contributed by atoms with Gasteiger partial charge in [0.05, 0.1) is 36.7 Å². The maximum Gasteiger partial charge on any atom is 0.251 e. The fourth-order valence-electron chi connectivity index (χ4n) is 6.09. The van der Waals surface area contributed by atoms with Gasteiger partial charge >= 0.3 is 0 Å². The van der Waals surface area contributed by atoms with Crippen molar-refractivity contribution in [1.29, 1.82) is 0 Å². The molecule has 220 valence electrons. The molecule has 3 heterocycles. The number of carbonyl (C=O) groups excluding carboxylic acids is 2. The third-order valence-corrected chi connectivity index (χ3v) is 8.10. The fourth-order valence-corrected chi connectivity index (χ4v) is 6.09. The predicted octanol–water partition coefficient (Wildman–Crippen LogP) is 2.83. The molecule has 0 radical (unpaired) electrons. The number of piperidine rings is 1. The van der Waals surface area contributed by atoms with Gasteiger partial charge in [0, 0.05) is 30.2 Å². The van der Waals surface area contributed by atoms with E-state index < -0.39 is 17.0 Å². The largest absolute Gasteiger partial charge is 0.491 e. The summed E-state index contributed by atoms with van der Waals surface area (Å²) in [5.41, 5.74) is 2.65. The number of morpholine rings is 1. The molecule has 3 atom stereocenters. The van der Waals surface area contributed by atoms with Crippen molar-refractivity contribution in [3.63, 3.8) is 0 Å². The molecule has 2 aliphatic rings. The van der Waals surface area contributed by atoms with Crippen molar-refractivity contribution in [2.75, 3.05) is 39.4 Å². The number of nitrogens with one attached hydrogen (secondary N) is 3. The van der Waals surface area contributed by atoms with Crippen LogP contribution in [-0.2, 0) is 9.53 Å². The quantitative estimate of drug-likeness (QED) is 0.176. The Morgan fingerprint density at radius 2 is 2.05 bits per heavy atom. The molecule has 0 spiro atoms. The van der Waals surface area contributed by atoms with Crippen LogP contribution >= 0.6 is 0 Å². The zero-order valence-corrected chi connectivity index (χ0v) is 23.8. The van der Waals surface area contributed by atoms with E-state index in [1.165, 1.54) is 0 Å². The van der Waals surface area contributed by atoms with E-state index in [1.54, 1.807) is 29.7 Å². The number of pyridine rings is 1. The number of aromatic nitrogens is 1. The lowest BCUT2D eigenvalue weighted by Gasteiger charge is -2.42. The van der Waals surface area contributed by atoms with Gasteiger partial charge in [0.2, 0.25) is 5.91 Å². The van der Waals surface area contributed by atoms with Gasteiger partial charge < -0.3 is 20.1 Å². The maximum atomic E-state index is 13.3. The highest BCUT2D eigenvalue weighted by Crippen LogP contribution is 2.35. The summed E-state index contributed by atoms with van der Waals surface area (Å²) < 4.78 is 12.5. The summed E-state index contributed by atoms with van der Waals surface area (Å²) in [5.74, 6) is 2.35. The molecule has 10 heteroatoms. The fraction of sp³-hybridized carbons (Fsp3) is 0.406. The van der Waals surface area contributed by atoms with Gasteiger partial charge in [-0.3, -0.25) is 24.7 Å². The number of fused-ring (bicyclic) bond motifs is 1. The molecule has 3 aromatic rings. The first-order valence-corrected chi connectivity index (χ1v) is 14.2. The van der Waals surface area contributed by atoms with E-state index in [4.69, 9.17) is 21.1 Å². The minimum atomic E-state index is -0.847. The van der Waals surface area contributed by atoms with E-state index in [0.29, 0.717) is 37.4 Å². The van der Waals surface area contributed by atoms with Crippen LogP contribution in [0.15, 0.2) is 60.8 Å². The molecular weight excluding hydrogens is 534 g/mol. The van der Waals surface area contributed by atoms with E-state index in [0.717, 1.165) is 36.0 Å². The van der Waals surface area contributed by atoms with Crippen molar-refractivity contribution >= 4 is 22.7 Å². The zero-order chi connectivity index (χ0) is 29.6. The molecule has 5 rings (SSSR count). The highest BCUT2D eigenvalue weighted by atomic mass is 16.5.